The summed E-state index contributed by atoms with van der Waals surface area (Å²) in [6.45, 7) is 5.12. The first-order valence-corrected chi connectivity index (χ1v) is 8.96. The van der Waals surface area contributed by atoms with Crippen molar-refractivity contribution in [1.29, 1.82) is 0 Å². The van der Waals surface area contributed by atoms with E-state index in [0.717, 1.165) is 17.1 Å². The second-order valence-corrected chi connectivity index (χ2v) is 6.86. The molecule has 2 aromatic carbocycles. The highest BCUT2D eigenvalue weighted by molar-refractivity contribution is 6.30. The molecule has 0 radical (unpaired) electrons. The lowest BCUT2D eigenvalue weighted by Gasteiger charge is -2.23. The molecule has 1 aliphatic heterocycles. The summed E-state index contributed by atoms with van der Waals surface area (Å²) in [6, 6.07) is 17.3. The molecule has 0 bridgehead atoms. The molecule has 0 spiro atoms. The average Bonchev–Trinajstić information content (AvgIpc) is 3.00. The first kappa shape index (κ1) is 18.3. The molecule has 0 saturated carbocycles. The maximum Gasteiger partial charge on any atom is 0.319 e. The lowest BCUT2D eigenvalue weighted by atomic mass is 9.88. The first-order valence-electron chi connectivity index (χ1n) is 8.59. The molecular formula is C20H22ClN3O2. The van der Waals surface area contributed by atoms with Gasteiger partial charge in [0.15, 0.2) is 0 Å². The van der Waals surface area contributed by atoms with Gasteiger partial charge in [0, 0.05) is 17.3 Å². The van der Waals surface area contributed by atoms with E-state index >= 15 is 0 Å². The second-order valence-electron chi connectivity index (χ2n) is 6.42. The summed E-state index contributed by atoms with van der Waals surface area (Å²) < 4.78 is 5.32. The molecule has 1 fully saturated rings. The van der Waals surface area contributed by atoms with Crippen molar-refractivity contribution in [2.24, 2.45) is 10.5 Å². The molecule has 1 N–H and O–H groups in total. The molecule has 3 rings (SSSR count). The van der Waals surface area contributed by atoms with Crippen LogP contribution >= 0.6 is 11.6 Å². The van der Waals surface area contributed by atoms with Crippen molar-refractivity contribution in [3.8, 4) is 0 Å². The lowest BCUT2D eigenvalue weighted by molar-refractivity contribution is -0.149. The molecule has 1 saturated heterocycles. The number of carbonyl (C=O) groups is 1. The minimum Gasteiger partial charge on any atom is -0.465 e. The Morgan fingerprint density at radius 2 is 1.92 bits per heavy atom. The Hall–Kier alpha value is -2.53. The van der Waals surface area contributed by atoms with Gasteiger partial charge in [-0.25, -0.2) is 0 Å². The molecule has 26 heavy (non-hydrogen) atoms. The van der Waals surface area contributed by atoms with Crippen molar-refractivity contribution < 1.29 is 9.53 Å². The van der Waals surface area contributed by atoms with E-state index in [-0.39, 0.29) is 5.97 Å². The number of ether oxygens (including phenoxy) is 1. The van der Waals surface area contributed by atoms with Crippen LogP contribution in [0.25, 0.3) is 0 Å². The predicted molar refractivity (Wildman–Crippen MR) is 106 cm³/mol. The van der Waals surface area contributed by atoms with Crippen molar-refractivity contribution in [2.75, 3.05) is 30.0 Å². The largest absolute Gasteiger partial charge is 0.465 e. The van der Waals surface area contributed by atoms with E-state index in [9.17, 15) is 4.79 Å². The maximum atomic E-state index is 12.6. The number of hydrogen-bond donors (Lipinski definition) is 1. The van der Waals surface area contributed by atoms with E-state index < -0.39 is 5.41 Å². The Kier molecular flexibility index (Phi) is 5.47. The zero-order valence-corrected chi connectivity index (χ0v) is 15.7. The van der Waals surface area contributed by atoms with E-state index in [2.05, 4.69) is 15.4 Å². The highest BCUT2D eigenvalue weighted by Crippen LogP contribution is 2.33. The predicted octanol–water partition coefficient (Wildman–Crippen LogP) is 4.20. The highest BCUT2D eigenvalue weighted by Gasteiger charge is 2.47. The third-order valence-corrected chi connectivity index (χ3v) is 4.75. The van der Waals surface area contributed by atoms with Gasteiger partial charge in [-0.3, -0.25) is 10.2 Å². The van der Waals surface area contributed by atoms with Crippen LogP contribution < -0.4 is 10.3 Å². The zero-order chi connectivity index (χ0) is 18.6. The van der Waals surface area contributed by atoms with Gasteiger partial charge in [-0.1, -0.05) is 29.8 Å². The Morgan fingerprint density at radius 1 is 1.23 bits per heavy atom. The number of rotatable bonds is 5. The Morgan fingerprint density at radius 3 is 2.58 bits per heavy atom. The number of hydrogen-bond acceptors (Lipinski definition) is 5. The third kappa shape index (κ3) is 3.83. The van der Waals surface area contributed by atoms with Gasteiger partial charge in [0.2, 0.25) is 0 Å². The van der Waals surface area contributed by atoms with Gasteiger partial charge >= 0.3 is 5.97 Å². The van der Waals surface area contributed by atoms with E-state index in [4.69, 9.17) is 16.3 Å². The van der Waals surface area contributed by atoms with Gasteiger partial charge in [-0.05, 0) is 50.2 Å². The standard InChI is InChI=1S/C20H22ClN3O2/c1-3-26-19(25)20(2)14-24(17-7-5-4-6-8-17)13-18(20)23-22-16-11-9-15(21)10-12-16/h4-12,22H,3,13-14H2,1-2H3/b23-18+. The fraction of sp³-hybridized carbons (Fsp3) is 0.300. The second kappa shape index (κ2) is 7.79. The van der Waals surface area contributed by atoms with E-state index in [0.29, 0.717) is 24.7 Å². The Balaban J connectivity index is 1.87. The molecule has 6 heteroatoms. The summed E-state index contributed by atoms with van der Waals surface area (Å²) in [6.07, 6.45) is 0. The first-order chi connectivity index (χ1) is 12.5. The van der Waals surface area contributed by atoms with Crippen LogP contribution in [0.5, 0.6) is 0 Å². The molecule has 1 heterocycles. The minimum atomic E-state index is -0.800. The third-order valence-electron chi connectivity index (χ3n) is 4.50. The number of hydrazone groups is 1. The van der Waals surface area contributed by atoms with Crippen LogP contribution in [0.4, 0.5) is 11.4 Å². The molecule has 0 amide bonds. The normalized spacial score (nSPS) is 21.0. The van der Waals surface area contributed by atoms with Crippen LogP contribution in [-0.4, -0.2) is 31.4 Å². The molecule has 0 aromatic heterocycles. The summed E-state index contributed by atoms with van der Waals surface area (Å²) in [5.74, 6) is -0.255. The molecule has 2 aromatic rings. The number of anilines is 2. The van der Waals surface area contributed by atoms with Crippen LogP contribution in [0.2, 0.25) is 5.02 Å². The lowest BCUT2D eigenvalue weighted by Crippen LogP contribution is -2.38. The topological polar surface area (TPSA) is 53.9 Å². The fourth-order valence-corrected chi connectivity index (χ4v) is 3.12. The van der Waals surface area contributed by atoms with E-state index in [1.807, 2.05) is 56.3 Å². The number of carbonyl (C=O) groups excluding carboxylic acids is 1. The number of nitrogens with zero attached hydrogens (tertiary/aromatic N) is 2. The maximum absolute atomic E-state index is 12.6. The van der Waals surface area contributed by atoms with Crippen molar-refractivity contribution in [3.63, 3.8) is 0 Å². The Labute approximate surface area is 158 Å². The van der Waals surface area contributed by atoms with Gasteiger partial charge in [0.1, 0.15) is 5.41 Å². The quantitative estimate of drug-likeness (QED) is 0.632. The van der Waals surface area contributed by atoms with Crippen molar-refractivity contribution in [2.45, 2.75) is 13.8 Å². The molecule has 1 aliphatic rings. The molecule has 136 valence electrons. The molecule has 1 unspecified atom stereocenters. The van der Waals surface area contributed by atoms with Crippen LogP contribution in [0.3, 0.4) is 0 Å². The number of esters is 1. The average molecular weight is 372 g/mol. The van der Waals surface area contributed by atoms with Gasteiger partial charge in [-0.2, -0.15) is 5.10 Å². The molecular weight excluding hydrogens is 350 g/mol. The van der Waals surface area contributed by atoms with E-state index in [1.54, 1.807) is 12.1 Å². The number of para-hydroxylation sites is 1. The summed E-state index contributed by atoms with van der Waals surface area (Å²) in [4.78, 5) is 14.8. The summed E-state index contributed by atoms with van der Waals surface area (Å²) in [5, 5.41) is 5.20. The van der Waals surface area contributed by atoms with Crippen LogP contribution in [0.1, 0.15) is 13.8 Å². The van der Waals surface area contributed by atoms with Gasteiger partial charge < -0.3 is 9.64 Å². The highest BCUT2D eigenvalue weighted by atomic mass is 35.5. The molecule has 0 aliphatic carbocycles. The zero-order valence-electron chi connectivity index (χ0n) is 14.9. The minimum absolute atomic E-state index is 0.255. The monoisotopic (exact) mass is 371 g/mol. The fourth-order valence-electron chi connectivity index (χ4n) is 2.99. The molecule has 5 nitrogen and oxygen atoms in total. The van der Waals surface area contributed by atoms with Crippen LogP contribution in [0.15, 0.2) is 59.7 Å². The molecule has 1 atom stereocenters. The summed E-state index contributed by atoms with van der Waals surface area (Å²) in [5.41, 5.74) is 4.84. The van der Waals surface area contributed by atoms with Gasteiger partial charge in [-0.15, -0.1) is 0 Å². The van der Waals surface area contributed by atoms with E-state index in [1.165, 1.54) is 0 Å². The SMILES string of the molecule is CCOC(=O)C1(C)CN(c2ccccc2)C/C1=N\Nc1ccc(Cl)cc1. The smallest absolute Gasteiger partial charge is 0.319 e. The van der Waals surface area contributed by atoms with Crippen LogP contribution in [-0.2, 0) is 9.53 Å². The number of halogens is 1. The Bertz CT molecular complexity index is 792. The number of benzene rings is 2. The van der Waals surface area contributed by atoms with Crippen molar-refractivity contribution >= 4 is 34.7 Å². The van der Waals surface area contributed by atoms with Gasteiger partial charge in [0.05, 0.1) is 24.6 Å². The van der Waals surface area contributed by atoms with Crippen molar-refractivity contribution in [3.05, 3.63) is 59.6 Å². The summed E-state index contributed by atoms with van der Waals surface area (Å²) in [7, 11) is 0. The summed E-state index contributed by atoms with van der Waals surface area (Å²) >= 11 is 5.92. The van der Waals surface area contributed by atoms with Crippen LogP contribution in [0, 0.1) is 5.41 Å². The van der Waals surface area contributed by atoms with Gasteiger partial charge in [0.25, 0.3) is 0 Å². The number of nitrogens with one attached hydrogen (secondary N) is 1. The van der Waals surface area contributed by atoms with Crippen molar-refractivity contribution in [1.82, 2.24) is 0 Å².